The average molecular weight is 190 g/mol. The Hall–Kier alpha value is -1.55. The lowest BCUT2D eigenvalue weighted by molar-refractivity contribution is 1.47. The number of benzene rings is 1. The predicted molar refractivity (Wildman–Crippen MR) is 57.6 cm³/mol. The summed E-state index contributed by atoms with van der Waals surface area (Å²) in [6, 6.07) is 7.87. The Kier molecular flexibility index (Phi) is 1.90. The van der Waals surface area contributed by atoms with Gasteiger partial charge in [-0.1, -0.05) is 18.2 Å². The van der Waals surface area contributed by atoms with E-state index in [-0.39, 0.29) is 5.11 Å². The number of rotatable bonds is 1. The summed E-state index contributed by atoms with van der Waals surface area (Å²) in [5, 5.41) is 3.88. The molecule has 0 saturated carbocycles. The number of H-pyrrole nitrogens is 1. The van der Waals surface area contributed by atoms with Crippen molar-refractivity contribution in [2.24, 2.45) is 0 Å². The van der Waals surface area contributed by atoms with Crippen LogP contribution < -0.4 is 11.1 Å². The van der Waals surface area contributed by atoms with Crippen LogP contribution in [0.15, 0.2) is 30.5 Å². The maximum absolute atomic E-state index is 7.14. The van der Waals surface area contributed by atoms with Crippen molar-refractivity contribution in [1.82, 2.24) is 10.7 Å². The summed E-state index contributed by atoms with van der Waals surface area (Å²) in [5.74, 6) is 0. The van der Waals surface area contributed by atoms with Crippen LogP contribution in [-0.4, -0.2) is 10.1 Å². The molecule has 1 heterocycles. The van der Waals surface area contributed by atoms with Crippen molar-refractivity contribution in [3.8, 4) is 0 Å². The Morgan fingerprint density at radius 3 is 2.92 bits per heavy atom. The molecule has 3 N–H and O–H groups in total. The molecule has 0 unspecified atom stereocenters. The van der Waals surface area contributed by atoms with Crippen molar-refractivity contribution in [3.05, 3.63) is 30.5 Å². The number of hydrogen-bond acceptors (Lipinski definition) is 1. The first-order chi connectivity index (χ1) is 6.27. The molecule has 0 aliphatic carbocycles. The summed E-state index contributed by atoms with van der Waals surface area (Å²) in [6.07, 6.45) is 1.81. The number of para-hydroxylation sites is 1. The summed E-state index contributed by atoms with van der Waals surface area (Å²) in [5.41, 5.74) is 9.04. The van der Waals surface area contributed by atoms with Gasteiger partial charge in [-0.15, -0.1) is 0 Å². The highest BCUT2D eigenvalue weighted by Crippen LogP contribution is 2.21. The SMILES string of the molecule is [NH]C(=S)Nc1c[nH]c2ccccc12. The minimum Gasteiger partial charge on any atom is -0.359 e. The second-order valence-electron chi connectivity index (χ2n) is 2.70. The molecule has 0 amide bonds. The molecule has 0 spiro atoms. The topological polar surface area (TPSA) is 51.6 Å². The van der Waals surface area contributed by atoms with Gasteiger partial charge in [-0.3, -0.25) is 5.73 Å². The van der Waals surface area contributed by atoms with Gasteiger partial charge in [0, 0.05) is 17.1 Å². The number of hydrogen-bond donors (Lipinski definition) is 2. The van der Waals surface area contributed by atoms with E-state index in [1.54, 1.807) is 0 Å². The van der Waals surface area contributed by atoms with Gasteiger partial charge < -0.3 is 10.3 Å². The van der Waals surface area contributed by atoms with E-state index < -0.39 is 0 Å². The Labute approximate surface area is 80.9 Å². The van der Waals surface area contributed by atoms with Gasteiger partial charge in [-0.25, -0.2) is 0 Å². The van der Waals surface area contributed by atoms with E-state index in [9.17, 15) is 0 Å². The largest absolute Gasteiger partial charge is 0.359 e. The van der Waals surface area contributed by atoms with E-state index in [0.717, 1.165) is 16.6 Å². The minimum absolute atomic E-state index is 0.0322. The molecule has 0 fully saturated rings. The molecule has 2 rings (SSSR count). The van der Waals surface area contributed by atoms with Gasteiger partial charge >= 0.3 is 0 Å². The van der Waals surface area contributed by atoms with Crippen LogP contribution in [-0.2, 0) is 0 Å². The normalized spacial score (nSPS) is 10.2. The highest BCUT2D eigenvalue weighted by Gasteiger charge is 2.01. The van der Waals surface area contributed by atoms with Crippen LogP contribution in [0.2, 0.25) is 0 Å². The number of anilines is 1. The van der Waals surface area contributed by atoms with Gasteiger partial charge in [-0.2, -0.15) is 0 Å². The van der Waals surface area contributed by atoms with Crippen molar-refractivity contribution in [3.63, 3.8) is 0 Å². The van der Waals surface area contributed by atoms with Crippen LogP contribution in [0.25, 0.3) is 10.9 Å². The van der Waals surface area contributed by atoms with E-state index >= 15 is 0 Å². The van der Waals surface area contributed by atoms with E-state index in [1.165, 1.54) is 0 Å². The minimum atomic E-state index is 0.0322. The molecule has 1 aromatic carbocycles. The van der Waals surface area contributed by atoms with Crippen molar-refractivity contribution in [1.29, 1.82) is 0 Å². The second kappa shape index (κ2) is 3.06. The lowest BCUT2D eigenvalue weighted by Crippen LogP contribution is -2.08. The lowest BCUT2D eigenvalue weighted by atomic mass is 10.2. The number of thiocarbonyl (C=S) groups is 1. The third-order valence-electron chi connectivity index (χ3n) is 1.84. The fourth-order valence-corrected chi connectivity index (χ4v) is 1.41. The fourth-order valence-electron chi connectivity index (χ4n) is 1.30. The molecule has 0 aliphatic heterocycles. The maximum Gasteiger partial charge on any atom is 0.189 e. The Morgan fingerprint density at radius 2 is 2.15 bits per heavy atom. The summed E-state index contributed by atoms with van der Waals surface area (Å²) in [4.78, 5) is 3.09. The molecule has 3 nitrogen and oxygen atoms in total. The molecule has 0 atom stereocenters. The van der Waals surface area contributed by atoms with Gasteiger partial charge in [-0.05, 0) is 18.3 Å². The molecule has 13 heavy (non-hydrogen) atoms. The zero-order valence-electron chi connectivity index (χ0n) is 6.79. The molecule has 1 radical (unpaired) electrons. The van der Waals surface area contributed by atoms with Crippen LogP contribution in [0.4, 0.5) is 5.69 Å². The average Bonchev–Trinajstić information content (AvgIpc) is 2.48. The molecular weight excluding hydrogens is 182 g/mol. The third kappa shape index (κ3) is 1.48. The number of fused-ring (bicyclic) bond motifs is 1. The summed E-state index contributed by atoms with van der Waals surface area (Å²) >= 11 is 4.65. The lowest BCUT2D eigenvalue weighted by Gasteiger charge is -1.98. The van der Waals surface area contributed by atoms with Crippen LogP contribution in [0.1, 0.15) is 0 Å². The smallest absolute Gasteiger partial charge is 0.189 e. The second-order valence-corrected chi connectivity index (χ2v) is 3.11. The quantitative estimate of drug-likeness (QED) is 0.677. The summed E-state index contributed by atoms with van der Waals surface area (Å²) in [6.45, 7) is 0. The van der Waals surface area contributed by atoms with E-state index in [2.05, 4.69) is 22.5 Å². The Balaban J connectivity index is 2.51. The number of aromatic amines is 1. The standard InChI is InChI=1S/C9H8N3S/c10-9(13)12-8-5-11-7-4-2-1-3-6(7)8/h1-5,10-11H,(H,12,13). The Bertz CT molecular complexity index is 447. The zero-order valence-corrected chi connectivity index (χ0v) is 7.61. The predicted octanol–water partition coefficient (Wildman–Crippen LogP) is 2.15. The van der Waals surface area contributed by atoms with Crippen molar-refractivity contribution in [2.45, 2.75) is 0 Å². The van der Waals surface area contributed by atoms with E-state index in [0.29, 0.717) is 0 Å². The Morgan fingerprint density at radius 1 is 1.38 bits per heavy atom. The van der Waals surface area contributed by atoms with Crippen LogP contribution in [0.5, 0.6) is 0 Å². The zero-order chi connectivity index (χ0) is 9.26. The van der Waals surface area contributed by atoms with Gasteiger partial charge in [0.15, 0.2) is 5.11 Å². The first-order valence-electron chi connectivity index (χ1n) is 3.86. The summed E-state index contributed by atoms with van der Waals surface area (Å²) < 4.78 is 0. The first-order valence-corrected chi connectivity index (χ1v) is 4.27. The van der Waals surface area contributed by atoms with Gasteiger partial charge in [0.2, 0.25) is 0 Å². The van der Waals surface area contributed by atoms with Crippen LogP contribution in [0, 0.1) is 0 Å². The van der Waals surface area contributed by atoms with Gasteiger partial charge in [0.05, 0.1) is 5.69 Å². The molecule has 0 bridgehead atoms. The van der Waals surface area contributed by atoms with Crippen molar-refractivity contribution in [2.75, 3.05) is 5.32 Å². The van der Waals surface area contributed by atoms with E-state index in [4.69, 9.17) is 5.73 Å². The highest BCUT2D eigenvalue weighted by molar-refractivity contribution is 7.80. The van der Waals surface area contributed by atoms with Gasteiger partial charge in [0.25, 0.3) is 0 Å². The molecular formula is C9H8N3S. The number of aromatic nitrogens is 1. The third-order valence-corrected chi connectivity index (χ3v) is 1.94. The first kappa shape index (κ1) is 8.07. The van der Waals surface area contributed by atoms with Crippen LogP contribution >= 0.6 is 12.2 Å². The van der Waals surface area contributed by atoms with Crippen molar-refractivity contribution >= 4 is 33.9 Å². The van der Waals surface area contributed by atoms with Crippen molar-refractivity contribution < 1.29 is 0 Å². The molecule has 65 valence electrons. The van der Waals surface area contributed by atoms with Crippen LogP contribution in [0.3, 0.4) is 0 Å². The molecule has 4 heteroatoms. The van der Waals surface area contributed by atoms with E-state index in [1.807, 2.05) is 30.5 Å². The molecule has 0 aliphatic rings. The molecule has 1 aromatic heterocycles. The number of nitrogens with one attached hydrogen (secondary N) is 3. The fraction of sp³-hybridized carbons (Fsp3) is 0. The molecule has 2 aromatic rings. The maximum atomic E-state index is 7.14. The summed E-state index contributed by atoms with van der Waals surface area (Å²) in [7, 11) is 0. The monoisotopic (exact) mass is 190 g/mol. The molecule has 0 saturated heterocycles. The highest BCUT2D eigenvalue weighted by atomic mass is 32.1. The van der Waals surface area contributed by atoms with Gasteiger partial charge in [0.1, 0.15) is 0 Å².